The van der Waals surface area contributed by atoms with E-state index in [1.165, 1.54) is 37.8 Å². The van der Waals surface area contributed by atoms with Gasteiger partial charge in [-0.05, 0) is 44.0 Å². The first-order valence-electron chi connectivity index (χ1n) is 7.55. The lowest BCUT2D eigenvalue weighted by molar-refractivity contribution is 0.469. The lowest BCUT2D eigenvalue weighted by Gasteiger charge is -2.26. The maximum Gasteiger partial charge on any atom is 0.159 e. The molecule has 1 aliphatic rings. The van der Waals surface area contributed by atoms with Gasteiger partial charge in [0.05, 0.1) is 0 Å². The van der Waals surface area contributed by atoms with E-state index in [-0.39, 0.29) is 0 Å². The van der Waals surface area contributed by atoms with Crippen molar-refractivity contribution in [3.05, 3.63) is 29.8 Å². The topological polar surface area (TPSA) is 12.0 Å². The SMILES string of the molecule is CCCNC1CCCCCC1Sc1ccc(F)c(F)c1. The predicted octanol–water partition coefficient (Wildman–Crippen LogP) is 4.76. The molecule has 0 aromatic heterocycles. The molecule has 1 saturated carbocycles. The fraction of sp³-hybridized carbons (Fsp3) is 0.625. The van der Waals surface area contributed by atoms with Gasteiger partial charge in [0, 0.05) is 16.2 Å². The zero-order valence-electron chi connectivity index (χ0n) is 12.0. The summed E-state index contributed by atoms with van der Waals surface area (Å²) in [6.07, 6.45) is 7.21. The average molecular weight is 299 g/mol. The first kappa shape index (κ1) is 15.8. The summed E-state index contributed by atoms with van der Waals surface area (Å²) in [7, 11) is 0. The van der Waals surface area contributed by atoms with Crippen LogP contribution < -0.4 is 5.32 Å². The van der Waals surface area contributed by atoms with Crippen molar-refractivity contribution in [2.24, 2.45) is 0 Å². The largest absolute Gasteiger partial charge is 0.313 e. The summed E-state index contributed by atoms with van der Waals surface area (Å²) in [6.45, 7) is 3.20. The number of thioether (sulfide) groups is 1. The smallest absolute Gasteiger partial charge is 0.159 e. The van der Waals surface area contributed by atoms with Crippen LogP contribution in [0.2, 0.25) is 0 Å². The van der Waals surface area contributed by atoms with Crippen LogP contribution in [0.4, 0.5) is 8.78 Å². The Hall–Kier alpha value is -0.610. The Morgan fingerprint density at radius 2 is 1.95 bits per heavy atom. The first-order chi connectivity index (χ1) is 9.70. The molecule has 112 valence electrons. The standard InChI is InChI=1S/C16H23F2NS/c1-2-10-19-15-6-4-3-5-7-16(15)20-12-8-9-13(17)14(18)11-12/h8-9,11,15-16,19H,2-7,10H2,1H3. The Morgan fingerprint density at radius 1 is 1.15 bits per heavy atom. The Bertz CT molecular complexity index is 425. The summed E-state index contributed by atoms with van der Waals surface area (Å²) in [4.78, 5) is 0.832. The van der Waals surface area contributed by atoms with Crippen LogP contribution in [-0.4, -0.2) is 17.8 Å². The number of nitrogens with one attached hydrogen (secondary N) is 1. The van der Waals surface area contributed by atoms with Crippen LogP contribution in [0.25, 0.3) is 0 Å². The number of benzene rings is 1. The van der Waals surface area contributed by atoms with E-state index >= 15 is 0 Å². The van der Waals surface area contributed by atoms with E-state index in [0.717, 1.165) is 24.3 Å². The number of halogens is 2. The van der Waals surface area contributed by atoms with Crippen molar-refractivity contribution in [1.82, 2.24) is 5.32 Å². The third kappa shape index (κ3) is 4.45. The van der Waals surface area contributed by atoms with Crippen molar-refractivity contribution in [1.29, 1.82) is 0 Å². The molecule has 4 heteroatoms. The second kappa shape index (κ2) is 7.99. The molecule has 1 N–H and O–H groups in total. The van der Waals surface area contributed by atoms with Crippen molar-refractivity contribution in [2.45, 2.75) is 61.6 Å². The van der Waals surface area contributed by atoms with E-state index in [0.29, 0.717) is 11.3 Å². The molecule has 1 nitrogen and oxygen atoms in total. The van der Waals surface area contributed by atoms with E-state index in [1.807, 2.05) is 0 Å². The van der Waals surface area contributed by atoms with Gasteiger partial charge >= 0.3 is 0 Å². The quantitative estimate of drug-likeness (QED) is 0.787. The fourth-order valence-corrected chi connectivity index (χ4v) is 4.05. The Kier molecular flexibility index (Phi) is 6.30. The van der Waals surface area contributed by atoms with Gasteiger partial charge in [0.1, 0.15) is 0 Å². The van der Waals surface area contributed by atoms with Crippen molar-refractivity contribution >= 4 is 11.8 Å². The van der Waals surface area contributed by atoms with Gasteiger partial charge in [0.25, 0.3) is 0 Å². The number of hydrogen-bond acceptors (Lipinski definition) is 2. The summed E-state index contributed by atoms with van der Waals surface area (Å²) in [5.41, 5.74) is 0. The highest BCUT2D eigenvalue weighted by atomic mass is 32.2. The molecule has 2 atom stereocenters. The van der Waals surface area contributed by atoms with Crippen LogP contribution in [-0.2, 0) is 0 Å². The Balaban J connectivity index is 2.03. The van der Waals surface area contributed by atoms with Gasteiger partial charge < -0.3 is 5.32 Å². The van der Waals surface area contributed by atoms with Crippen LogP contribution in [0, 0.1) is 11.6 Å². The summed E-state index contributed by atoms with van der Waals surface area (Å²) in [5, 5.41) is 4.07. The van der Waals surface area contributed by atoms with Crippen molar-refractivity contribution in [3.63, 3.8) is 0 Å². The van der Waals surface area contributed by atoms with Gasteiger partial charge in [-0.1, -0.05) is 26.2 Å². The number of hydrogen-bond donors (Lipinski definition) is 1. The summed E-state index contributed by atoms with van der Waals surface area (Å²) in [5.74, 6) is -1.52. The van der Waals surface area contributed by atoms with Crippen molar-refractivity contribution in [3.8, 4) is 0 Å². The van der Waals surface area contributed by atoms with E-state index in [4.69, 9.17) is 0 Å². The van der Waals surface area contributed by atoms with Gasteiger partial charge in [-0.25, -0.2) is 8.78 Å². The van der Waals surface area contributed by atoms with Gasteiger partial charge in [-0.3, -0.25) is 0 Å². The molecule has 0 amide bonds. The highest BCUT2D eigenvalue weighted by molar-refractivity contribution is 8.00. The maximum absolute atomic E-state index is 13.3. The van der Waals surface area contributed by atoms with E-state index < -0.39 is 11.6 Å². The van der Waals surface area contributed by atoms with Crippen LogP contribution in [0.1, 0.15) is 45.4 Å². The monoisotopic (exact) mass is 299 g/mol. The van der Waals surface area contributed by atoms with Gasteiger partial charge in [0.15, 0.2) is 11.6 Å². The average Bonchev–Trinajstić information content (AvgIpc) is 2.66. The Morgan fingerprint density at radius 3 is 2.70 bits per heavy atom. The molecule has 2 unspecified atom stereocenters. The van der Waals surface area contributed by atoms with E-state index in [1.54, 1.807) is 17.8 Å². The normalized spacial score (nSPS) is 23.6. The molecule has 2 rings (SSSR count). The minimum absolute atomic E-state index is 0.453. The first-order valence-corrected chi connectivity index (χ1v) is 8.43. The predicted molar refractivity (Wildman–Crippen MR) is 81.2 cm³/mol. The van der Waals surface area contributed by atoms with Crippen molar-refractivity contribution < 1.29 is 8.78 Å². The van der Waals surface area contributed by atoms with Crippen molar-refractivity contribution in [2.75, 3.05) is 6.54 Å². The third-order valence-corrected chi connectivity index (χ3v) is 5.18. The molecule has 0 radical (unpaired) electrons. The summed E-state index contributed by atoms with van der Waals surface area (Å²) in [6, 6.07) is 4.71. The van der Waals surface area contributed by atoms with Gasteiger partial charge in [-0.15, -0.1) is 11.8 Å². The van der Waals surface area contributed by atoms with Crippen LogP contribution in [0.5, 0.6) is 0 Å². The minimum Gasteiger partial charge on any atom is -0.313 e. The zero-order valence-corrected chi connectivity index (χ0v) is 12.8. The molecule has 1 fully saturated rings. The molecule has 0 saturated heterocycles. The molecule has 0 aliphatic heterocycles. The minimum atomic E-state index is -0.768. The molecule has 1 aliphatic carbocycles. The number of rotatable bonds is 5. The lowest BCUT2D eigenvalue weighted by atomic mass is 10.1. The second-order valence-electron chi connectivity index (χ2n) is 5.43. The summed E-state index contributed by atoms with van der Waals surface area (Å²) >= 11 is 1.69. The maximum atomic E-state index is 13.3. The highest BCUT2D eigenvalue weighted by Crippen LogP contribution is 2.33. The molecular weight excluding hydrogens is 276 g/mol. The molecular formula is C16H23F2NS. The molecule has 0 bridgehead atoms. The molecule has 0 heterocycles. The third-order valence-electron chi connectivity index (χ3n) is 3.79. The Labute approximate surface area is 124 Å². The zero-order chi connectivity index (χ0) is 14.4. The molecule has 0 spiro atoms. The van der Waals surface area contributed by atoms with E-state index in [9.17, 15) is 8.78 Å². The lowest BCUT2D eigenvalue weighted by Crippen LogP contribution is -2.37. The summed E-state index contributed by atoms with van der Waals surface area (Å²) < 4.78 is 26.3. The van der Waals surface area contributed by atoms with Gasteiger partial charge in [0.2, 0.25) is 0 Å². The van der Waals surface area contributed by atoms with E-state index in [2.05, 4.69) is 12.2 Å². The van der Waals surface area contributed by atoms with Gasteiger partial charge in [-0.2, -0.15) is 0 Å². The highest BCUT2D eigenvalue weighted by Gasteiger charge is 2.24. The van der Waals surface area contributed by atoms with Crippen LogP contribution >= 0.6 is 11.8 Å². The molecule has 20 heavy (non-hydrogen) atoms. The van der Waals surface area contributed by atoms with Crippen LogP contribution in [0.15, 0.2) is 23.1 Å². The van der Waals surface area contributed by atoms with Crippen LogP contribution in [0.3, 0.4) is 0 Å². The second-order valence-corrected chi connectivity index (χ2v) is 6.74. The molecule has 1 aromatic carbocycles. The molecule has 1 aromatic rings. The fourth-order valence-electron chi connectivity index (χ4n) is 2.70.